The van der Waals surface area contributed by atoms with E-state index < -0.39 is 0 Å². The Bertz CT molecular complexity index is 669. The molecule has 6 heteroatoms. The Hall–Kier alpha value is -2.65. The molecule has 0 aliphatic heterocycles. The van der Waals surface area contributed by atoms with Crippen molar-refractivity contribution in [2.24, 2.45) is 0 Å². The highest BCUT2D eigenvalue weighted by atomic mass is 16.2. The molecule has 2 aromatic rings. The average molecular weight is 284 g/mol. The molecule has 1 amide bonds. The van der Waals surface area contributed by atoms with Gasteiger partial charge in [0, 0.05) is 18.2 Å². The summed E-state index contributed by atoms with van der Waals surface area (Å²) in [4.78, 5) is 11.9. The molecule has 1 heterocycles. The van der Waals surface area contributed by atoms with Crippen LogP contribution in [0.25, 0.3) is 0 Å². The van der Waals surface area contributed by atoms with Crippen LogP contribution in [0.2, 0.25) is 0 Å². The summed E-state index contributed by atoms with van der Waals surface area (Å²) in [5, 5.41) is 19.1. The second-order valence-electron chi connectivity index (χ2n) is 4.47. The molecule has 21 heavy (non-hydrogen) atoms. The zero-order chi connectivity index (χ0) is 15.1. The summed E-state index contributed by atoms with van der Waals surface area (Å²) >= 11 is 0. The SMILES string of the molecule is Cc1ccc(NC(=O)CCn2ccnn2)c(C#CCO)c1. The van der Waals surface area contributed by atoms with Crippen LogP contribution in [-0.2, 0) is 11.3 Å². The highest BCUT2D eigenvalue weighted by molar-refractivity contribution is 5.92. The van der Waals surface area contributed by atoms with Gasteiger partial charge in [-0.15, -0.1) is 5.10 Å². The lowest BCUT2D eigenvalue weighted by molar-refractivity contribution is -0.116. The number of aromatic nitrogens is 3. The first kappa shape index (κ1) is 14.8. The van der Waals surface area contributed by atoms with Gasteiger partial charge in [-0.25, -0.2) is 0 Å². The Morgan fingerprint density at radius 3 is 3.05 bits per heavy atom. The molecule has 6 nitrogen and oxygen atoms in total. The van der Waals surface area contributed by atoms with Crippen LogP contribution in [0.4, 0.5) is 5.69 Å². The van der Waals surface area contributed by atoms with Crippen LogP contribution >= 0.6 is 0 Å². The van der Waals surface area contributed by atoms with Gasteiger partial charge in [0.05, 0.1) is 18.4 Å². The van der Waals surface area contributed by atoms with Gasteiger partial charge < -0.3 is 10.4 Å². The zero-order valence-corrected chi connectivity index (χ0v) is 11.7. The third-order valence-corrected chi connectivity index (χ3v) is 2.79. The molecule has 0 saturated heterocycles. The number of nitrogens with zero attached hydrogens (tertiary/aromatic N) is 3. The molecule has 0 radical (unpaired) electrons. The molecular weight excluding hydrogens is 268 g/mol. The number of carbonyl (C=O) groups excluding carboxylic acids is 1. The predicted molar refractivity (Wildman–Crippen MR) is 78.4 cm³/mol. The van der Waals surface area contributed by atoms with E-state index in [2.05, 4.69) is 27.5 Å². The van der Waals surface area contributed by atoms with Crippen molar-refractivity contribution in [3.63, 3.8) is 0 Å². The smallest absolute Gasteiger partial charge is 0.226 e. The summed E-state index contributed by atoms with van der Waals surface area (Å²) in [5.41, 5.74) is 2.38. The van der Waals surface area contributed by atoms with E-state index >= 15 is 0 Å². The fraction of sp³-hybridized carbons (Fsp3) is 0.267. The molecule has 2 N–H and O–H groups in total. The van der Waals surface area contributed by atoms with Crippen molar-refractivity contribution in [2.75, 3.05) is 11.9 Å². The van der Waals surface area contributed by atoms with Crippen LogP contribution in [-0.4, -0.2) is 32.6 Å². The van der Waals surface area contributed by atoms with Gasteiger partial charge in [0.2, 0.25) is 5.91 Å². The Labute approximate surface area is 122 Å². The minimum absolute atomic E-state index is 0.124. The summed E-state index contributed by atoms with van der Waals surface area (Å²) in [7, 11) is 0. The van der Waals surface area contributed by atoms with Crippen molar-refractivity contribution in [1.82, 2.24) is 15.0 Å². The third-order valence-electron chi connectivity index (χ3n) is 2.79. The Morgan fingerprint density at radius 2 is 2.33 bits per heavy atom. The van der Waals surface area contributed by atoms with E-state index in [0.29, 0.717) is 24.2 Å². The van der Waals surface area contributed by atoms with Gasteiger partial charge in [0.15, 0.2) is 0 Å². The molecule has 0 saturated carbocycles. The first-order valence-electron chi connectivity index (χ1n) is 6.53. The topological polar surface area (TPSA) is 80.0 Å². The monoisotopic (exact) mass is 284 g/mol. The largest absolute Gasteiger partial charge is 0.384 e. The molecule has 0 bridgehead atoms. The Morgan fingerprint density at radius 1 is 1.48 bits per heavy atom. The van der Waals surface area contributed by atoms with Crippen molar-refractivity contribution in [2.45, 2.75) is 19.9 Å². The minimum atomic E-state index is -0.215. The molecule has 0 spiro atoms. The molecule has 0 aliphatic carbocycles. The molecule has 0 fully saturated rings. The molecule has 0 aliphatic rings. The van der Waals surface area contributed by atoms with Crippen LogP contribution in [0.5, 0.6) is 0 Å². The van der Waals surface area contributed by atoms with Crippen molar-refractivity contribution in [3.05, 3.63) is 41.7 Å². The maximum Gasteiger partial charge on any atom is 0.226 e. The number of aliphatic hydroxyl groups excluding tert-OH is 1. The van der Waals surface area contributed by atoms with Gasteiger partial charge in [-0.05, 0) is 24.6 Å². The van der Waals surface area contributed by atoms with Crippen molar-refractivity contribution in [1.29, 1.82) is 0 Å². The number of nitrogens with one attached hydrogen (secondary N) is 1. The lowest BCUT2D eigenvalue weighted by atomic mass is 10.1. The van der Waals surface area contributed by atoms with Crippen LogP contribution in [0.3, 0.4) is 0 Å². The standard InChI is InChI=1S/C15H16N4O2/c1-12-4-5-14(13(11-12)3-2-10-20)17-15(21)6-8-19-9-7-16-18-19/h4-5,7,9,11,20H,6,8,10H2,1H3,(H,17,21). The summed E-state index contributed by atoms with van der Waals surface area (Å²) < 4.78 is 1.60. The van der Waals surface area contributed by atoms with Crippen LogP contribution in [0.15, 0.2) is 30.6 Å². The summed E-state index contributed by atoms with van der Waals surface area (Å²) in [6, 6.07) is 5.58. The summed E-state index contributed by atoms with van der Waals surface area (Å²) in [6.07, 6.45) is 3.57. The van der Waals surface area contributed by atoms with Crippen LogP contribution in [0, 0.1) is 18.8 Å². The second kappa shape index (κ2) is 7.22. The summed E-state index contributed by atoms with van der Waals surface area (Å²) in [6.45, 7) is 2.20. The lowest BCUT2D eigenvalue weighted by Gasteiger charge is -2.08. The fourth-order valence-corrected chi connectivity index (χ4v) is 1.79. The molecular formula is C15H16N4O2. The number of hydrogen-bond acceptors (Lipinski definition) is 4. The Kier molecular flexibility index (Phi) is 5.07. The lowest BCUT2D eigenvalue weighted by Crippen LogP contribution is -2.15. The van der Waals surface area contributed by atoms with E-state index in [9.17, 15) is 4.79 Å². The van der Waals surface area contributed by atoms with Crippen molar-refractivity contribution in [3.8, 4) is 11.8 Å². The van der Waals surface area contributed by atoms with E-state index in [0.717, 1.165) is 5.56 Å². The van der Waals surface area contributed by atoms with E-state index in [1.54, 1.807) is 17.1 Å². The maximum atomic E-state index is 11.9. The number of aryl methyl sites for hydroxylation is 2. The number of carbonyl (C=O) groups is 1. The van der Waals surface area contributed by atoms with E-state index in [1.165, 1.54) is 0 Å². The number of benzene rings is 1. The maximum absolute atomic E-state index is 11.9. The molecule has 0 unspecified atom stereocenters. The minimum Gasteiger partial charge on any atom is -0.384 e. The molecule has 108 valence electrons. The van der Waals surface area contributed by atoms with Crippen molar-refractivity contribution < 1.29 is 9.90 Å². The normalized spacial score (nSPS) is 9.81. The number of aliphatic hydroxyl groups is 1. The molecule has 2 rings (SSSR count). The fourth-order valence-electron chi connectivity index (χ4n) is 1.79. The first-order valence-corrected chi connectivity index (χ1v) is 6.53. The van der Waals surface area contributed by atoms with Gasteiger partial charge in [0.25, 0.3) is 0 Å². The van der Waals surface area contributed by atoms with Gasteiger partial charge >= 0.3 is 0 Å². The second-order valence-corrected chi connectivity index (χ2v) is 4.47. The van der Waals surface area contributed by atoms with Gasteiger partial charge in [0.1, 0.15) is 6.61 Å². The number of anilines is 1. The molecule has 1 aromatic heterocycles. The van der Waals surface area contributed by atoms with Gasteiger partial charge in [-0.2, -0.15) is 0 Å². The number of rotatable bonds is 4. The molecule has 0 atom stereocenters. The van der Waals surface area contributed by atoms with E-state index in [1.807, 2.05) is 25.1 Å². The quantitative estimate of drug-likeness (QED) is 0.820. The third kappa shape index (κ3) is 4.44. The molecule has 1 aromatic carbocycles. The zero-order valence-electron chi connectivity index (χ0n) is 11.7. The number of amides is 1. The Balaban J connectivity index is 2.02. The van der Waals surface area contributed by atoms with E-state index in [4.69, 9.17) is 5.11 Å². The van der Waals surface area contributed by atoms with E-state index in [-0.39, 0.29) is 12.5 Å². The first-order chi connectivity index (χ1) is 10.2. The van der Waals surface area contributed by atoms with Crippen LogP contribution < -0.4 is 5.32 Å². The number of hydrogen-bond donors (Lipinski definition) is 2. The highest BCUT2D eigenvalue weighted by Gasteiger charge is 2.06. The van der Waals surface area contributed by atoms with Crippen molar-refractivity contribution >= 4 is 11.6 Å². The van der Waals surface area contributed by atoms with Gasteiger partial charge in [-0.3, -0.25) is 9.48 Å². The summed E-state index contributed by atoms with van der Waals surface area (Å²) in [5.74, 6) is 5.30. The highest BCUT2D eigenvalue weighted by Crippen LogP contribution is 2.16. The van der Waals surface area contributed by atoms with Crippen LogP contribution in [0.1, 0.15) is 17.5 Å². The average Bonchev–Trinajstić information content (AvgIpc) is 2.98. The van der Waals surface area contributed by atoms with Gasteiger partial charge in [-0.1, -0.05) is 23.1 Å². The predicted octanol–water partition coefficient (Wildman–Crippen LogP) is 0.959.